The third-order valence-electron chi connectivity index (χ3n) is 3.63. The Morgan fingerprint density at radius 1 is 1.00 bits per heavy atom. The number of carbonyl (C=O) groups excluding carboxylic acids is 2. The molecule has 0 fully saturated rings. The quantitative estimate of drug-likeness (QED) is 0.769. The minimum absolute atomic E-state index is 0.374. The molecule has 5 nitrogen and oxygen atoms in total. The van der Waals surface area contributed by atoms with E-state index in [-0.39, 0.29) is 0 Å². The maximum atomic E-state index is 11.9. The summed E-state index contributed by atoms with van der Waals surface area (Å²) in [6.07, 6.45) is 5.61. The molecular weight excluding hydrogens is 302 g/mol. The molecule has 0 aliphatic carbocycles. The van der Waals surface area contributed by atoms with Crippen LogP contribution in [0, 0.1) is 0 Å². The highest BCUT2D eigenvalue weighted by Gasteiger charge is 2.13. The second-order valence-electron chi connectivity index (χ2n) is 5.58. The van der Waals surface area contributed by atoms with Crippen molar-refractivity contribution in [2.45, 2.75) is 32.6 Å². The number of pyridine rings is 1. The molecule has 1 heterocycles. The number of unbranched alkanes of at least 4 members (excludes halogenated alkanes) is 1. The molecule has 1 aromatic carbocycles. The smallest absolute Gasteiger partial charge is 0.313 e. The van der Waals surface area contributed by atoms with E-state index < -0.39 is 11.8 Å². The summed E-state index contributed by atoms with van der Waals surface area (Å²) in [7, 11) is 0. The zero-order valence-electron chi connectivity index (χ0n) is 13.9. The summed E-state index contributed by atoms with van der Waals surface area (Å²) in [5.41, 5.74) is 2.73. The first-order valence-electron chi connectivity index (χ1n) is 8.27. The summed E-state index contributed by atoms with van der Waals surface area (Å²) < 4.78 is 0. The number of carbonyl (C=O) groups is 2. The van der Waals surface area contributed by atoms with E-state index in [0.717, 1.165) is 25.0 Å². The van der Waals surface area contributed by atoms with E-state index in [1.165, 1.54) is 5.56 Å². The molecule has 0 aliphatic heterocycles. The Labute approximate surface area is 142 Å². The van der Waals surface area contributed by atoms with Crippen LogP contribution >= 0.6 is 0 Å². The van der Waals surface area contributed by atoms with E-state index in [1.54, 1.807) is 6.20 Å². The molecular formula is C19H23N3O2. The SMILES string of the molecule is CCCCc1ccc(NC(=O)C(=O)NCCc2ccccn2)cc1. The second-order valence-corrected chi connectivity index (χ2v) is 5.58. The maximum absolute atomic E-state index is 11.9. The number of anilines is 1. The number of benzene rings is 1. The summed E-state index contributed by atoms with van der Waals surface area (Å²) in [4.78, 5) is 27.8. The molecule has 0 saturated heterocycles. The Kier molecular flexibility index (Phi) is 6.95. The van der Waals surface area contributed by atoms with Crippen molar-refractivity contribution < 1.29 is 9.59 Å². The van der Waals surface area contributed by atoms with E-state index in [0.29, 0.717) is 18.7 Å². The summed E-state index contributed by atoms with van der Waals surface area (Å²) in [5.74, 6) is -1.29. The summed E-state index contributed by atoms with van der Waals surface area (Å²) in [6, 6.07) is 13.2. The van der Waals surface area contributed by atoms with Gasteiger partial charge in [0.15, 0.2) is 0 Å². The van der Waals surface area contributed by atoms with Gasteiger partial charge in [-0.1, -0.05) is 31.5 Å². The zero-order chi connectivity index (χ0) is 17.2. The van der Waals surface area contributed by atoms with Gasteiger partial charge < -0.3 is 10.6 Å². The van der Waals surface area contributed by atoms with Crippen molar-refractivity contribution in [2.24, 2.45) is 0 Å². The first-order valence-corrected chi connectivity index (χ1v) is 8.27. The van der Waals surface area contributed by atoms with Crippen molar-refractivity contribution in [3.63, 3.8) is 0 Å². The van der Waals surface area contributed by atoms with Gasteiger partial charge in [0.05, 0.1) is 0 Å². The second kappa shape index (κ2) is 9.45. The number of hydrogen-bond donors (Lipinski definition) is 2. The number of hydrogen-bond acceptors (Lipinski definition) is 3. The van der Waals surface area contributed by atoms with E-state index in [4.69, 9.17) is 0 Å². The highest BCUT2D eigenvalue weighted by molar-refractivity contribution is 6.39. The number of amides is 2. The van der Waals surface area contributed by atoms with Crippen LogP contribution in [0.2, 0.25) is 0 Å². The van der Waals surface area contributed by atoms with Crippen LogP contribution in [0.4, 0.5) is 5.69 Å². The van der Waals surface area contributed by atoms with Crippen LogP contribution in [0.15, 0.2) is 48.7 Å². The van der Waals surface area contributed by atoms with Crippen LogP contribution in [0.3, 0.4) is 0 Å². The van der Waals surface area contributed by atoms with Crippen molar-refractivity contribution in [3.05, 3.63) is 59.9 Å². The van der Waals surface area contributed by atoms with Gasteiger partial charge in [-0.05, 0) is 42.7 Å². The lowest BCUT2D eigenvalue weighted by atomic mass is 10.1. The van der Waals surface area contributed by atoms with Crippen LogP contribution in [0.1, 0.15) is 31.0 Å². The molecule has 2 aromatic rings. The summed E-state index contributed by atoms with van der Waals surface area (Å²) in [5, 5.41) is 5.21. The normalized spacial score (nSPS) is 10.2. The predicted octanol–water partition coefficient (Wildman–Crippen LogP) is 2.72. The Morgan fingerprint density at radius 2 is 1.79 bits per heavy atom. The Bertz CT molecular complexity index is 654. The number of nitrogens with zero attached hydrogens (tertiary/aromatic N) is 1. The molecule has 0 atom stereocenters. The monoisotopic (exact) mass is 325 g/mol. The number of aryl methyl sites for hydroxylation is 1. The summed E-state index contributed by atoms with van der Waals surface area (Å²) in [6.45, 7) is 2.53. The molecule has 0 aliphatic rings. The molecule has 0 bridgehead atoms. The topological polar surface area (TPSA) is 71.1 Å². The van der Waals surface area contributed by atoms with Crippen molar-refractivity contribution in [2.75, 3.05) is 11.9 Å². The molecule has 1 aromatic heterocycles. The lowest BCUT2D eigenvalue weighted by Gasteiger charge is -2.07. The van der Waals surface area contributed by atoms with E-state index >= 15 is 0 Å². The molecule has 0 spiro atoms. The number of rotatable bonds is 7. The first kappa shape index (κ1) is 17.7. The predicted molar refractivity (Wildman–Crippen MR) is 94.6 cm³/mol. The van der Waals surface area contributed by atoms with Crippen LogP contribution in [0.25, 0.3) is 0 Å². The van der Waals surface area contributed by atoms with Gasteiger partial charge >= 0.3 is 11.8 Å². The fraction of sp³-hybridized carbons (Fsp3) is 0.316. The van der Waals surface area contributed by atoms with Crippen LogP contribution in [0.5, 0.6) is 0 Å². The third kappa shape index (κ3) is 5.83. The zero-order valence-corrected chi connectivity index (χ0v) is 13.9. The van der Waals surface area contributed by atoms with Crippen LogP contribution in [-0.4, -0.2) is 23.3 Å². The van der Waals surface area contributed by atoms with E-state index in [9.17, 15) is 9.59 Å². The number of nitrogens with one attached hydrogen (secondary N) is 2. The average Bonchev–Trinajstić information content (AvgIpc) is 2.62. The molecule has 0 saturated carbocycles. The van der Waals surface area contributed by atoms with Crippen molar-refractivity contribution in [3.8, 4) is 0 Å². The molecule has 24 heavy (non-hydrogen) atoms. The van der Waals surface area contributed by atoms with Gasteiger partial charge in [0, 0.05) is 30.5 Å². The van der Waals surface area contributed by atoms with E-state index in [1.807, 2.05) is 42.5 Å². The van der Waals surface area contributed by atoms with E-state index in [2.05, 4.69) is 22.5 Å². The van der Waals surface area contributed by atoms with Crippen LogP contribution < -0.4 is 10.6 Å². The fourth-order valence-corrected chi connectivity index (χ4v) is 2.25. The molecule has 2 N–H and O–H groups in total. The highest BCUT2D eigenvalue weighted by Crippen LogP contribution is 2.11. The maximum Gasteiger partial charge on any atom is 0.313 e. The Hall–Kier alpha value is -2.69. The van der Waals surface area contributed by atoms with Gasteiger partial charge in [-0.2, -0.15) is 0 Å². The molecule has 0 radical (unpaired) electrons. The minimum Gasteiger partial charge on any atom is -0.347 e. The third-order valence-corrected chi connectivity index (χ3v) is 3.63. The average molecular weight is 325 g/mol. The molecule has 2 rings (SSSR count). The van der Waals surface area contributed by atoms with Gasteiger partial charge in [0.2, 0.25) is 0 Å². The minimum atomic E-state index is -0.655. The van der Waals surface area contributed by atoms with Gasteiger partial charge in [-0.3, -0.25) is 14.6 Å². The lowest BCUT2D eigenvalue weighted by Crippen LogP contribution is -2.36. The molecule has 0 unspecified atom stereocenters. The largest absolute Gasteiger partial charge is 0.347 e. The Balaban J connectivity index is 1.75. The van der Waals surface area contributed by atoms with Gasteiger partial charge in [0.1, 0.15) is 0 Å². The van der Waals surface area contributed by atoms with Crippen LogP contribution in [-0.2, 0) is 22.4 Å². The van der Waals surface area contributed by atoms with Gasteiger partial charge in [-0.15, -0.1) is 0 Å². The fourth-order valence-electron chi connectivity index (χ4n) is 2.25. The standard InChI is InChI=1S/C19H23N3O2/c1-2-3-6-15-8-10-17(11-9-15)22-19(24)18(23)21-14-12-16-7-4-5-13-20-16/h4-5,7-11,13H,2-3,6,12,14H2,1H3,(H,21,23)(H,22,24). The van der Waals surface area contributed by atoms with Gasteiger partial charge in [-0.25, -0.2) is 0 Å². The highest BCUT2D eigenvalue weighted by atomic mass is 16.2. The lowest BCUT2D eigenvalue weighted by molar-refractivity contribution is -0.136. The van der Waals surface area contributed by atoms with Crippen molar-refractivity contribution in [1.29, 1.82) is 0 Å². The number of aromatic nitrogens is 1. The Morgan fingerprint density at radius 3 is 2.46 bits per heavy atom. The van der Waals surface area contributed by atoms with Gasteiger partial charge in [0.25, 0.3) is 0 Å². The molecule has 2 amide bonds. The first-order chi connectivity index (χ1) is 11.7. The molecule has 126 valence electrons. The molecule has 5 heteroatoms. The summed E-state index contributed by atoms with van der Waals surface area (Å²) >= 11 is 0. The van der Waals surface area contributed by atoms with Crippen molar-refractivity contribution >= 4 is 17.5 Å². The van der Waals surface area contributed by atoms with Crippen molar-refractivity contribution in [1.82, 2.24) is 10.3 Å².